The zero-order chi connectivity index (χ0) is 19.2. The smallest absolute Gasteiger partial charge is 0.412 e. The fourth-order valence-electron chi connectivity index (χ4n) is 1.60. The molecule has 0 aromatic carbocycles. The SMILES string of the molecule is C=C/C=C\C.C=CC1C=C(N)C(NC(=O)OC(C)(C)C)=CC1.CC. The average Bonchev–Trinajstić information content (AvgIpc) is 2.51. The lowest BCUT2D eigenvalue weighted by molar-refractivity contribution is 0.0546. The lowest BCUT2D eigenvalue weighted by Crippen LogP contribution is -2.34. The molecule has 0 radical (unpaired) electrons. The van der Waals surface area contributed by atoms with Gasteiger partial charge in [0.25, 0.3) is 0 Å². The van der Waals surface area contributed by atoms with Gasteiger partial charge in [0.05, 0.1) is 11.4 Å². The normalized spacial score (nSPS) is 16.3. The van der Waals surface area contributed by atoms with Gasteiger partial charge in [0.1, 0.15) is 5.60 Å². The number of nitrogens with two attached hydrogens (primary N) is 1. The van der Waals surface area contributed by atoms with Gasteiger partial charge in [0.15, 0.2) is 0 Å². The highest BCUT2D eigenvalue weighted by Crippen LogP contribution is 2.19. The van der Waals surface area contributed by atoms with Crippen LogP contribution in [-0.2, 0) is 4.74 Å². The molecule has 0 heterocycles. The van der Waals surface area contributed by atoms with Crippen molar-refractivity contribution in [3.63, 3.8) is 0 Å². The maximum absolute atomic E-state index is 11.5. The quantitative estimate of drug-likeness (QED) is 0.549. The monoisotopic (exact) mass is 334 g/mol. The summed E-state index contributed by atoms with van der Waals surface area (Å²) in [6.45, 7) is 18.6. The van der Waals surface area contributed by atoms with E-state index < -0.39 is 11.7 Å². The minimum Gasteiger partial charge on any atom is -0.444 e. The van der Waals surface area contributed by atoms with Crippen molar-refractivity contribution in [2.45, 2.75) is 53.6 Å². The Morgan fingerprint density at radius 1 is 1.38 bits per heavy atom. The Morgan fingerprint density at radius 2 is 1.96 bits per heavy atom. The first kappa shape index (κ1) is 24.0. The Kier molecular flexibility index (Phi) is 13.2. The molecule has 0 fully saturated rings. The Labute approximate surface area is 147 Å². The summed E-state index contributed by atoms with van der Waals surface area (Å²) in [5.74, 6) is 0.235. The van der Waals surface area contributed by atoms with Gasteiger partial charge in [0, 0.05) is 5.92 Å². The summed E-state index contributed by atoms with van der Waals surface area (Å²) in [7, 11) is 0. The summed E-state index contributed by atoms with van der Waals surface area (Å²) in [5.41, 5.74) is 6.48. The lowest BCUT2D eigenvalue weighted by atomic mass is 9.98. The second-order valence-electron chi connectivity index (χ2n) is 5.76. The molecule has 0 aliphatic heterocycles. The van der Waals surface area contributed by atoms with E-state index in [1.54, 1.807) is 6.08 Å². The second-order valence-corrected chi connectivity index (χ2v) is 5.76. The maximum Gasteiger partial charge on any atom is 0.412 e. The molecule has 1 aliphatic carbocycles. The first-order valence-corrected chi connectivity index (χ1v) is 8.27. The average molecular weight is 335 g/mol. The van der Waals surface area contributed by atoms with E-state index in [9.17, 15) is 4.79 Å². The molecule has 0 bridgehead atoms. The number of carbonyl (C=O) groups excluding carboxylic acids is 1. The van der Waals surface area contributed by atoms with Crippen molar-refractivity contribution in [3.05, 3.63) is 61.0 Å². The number of hydrogen-bond donors (Lipinski definition) is 2. The molecule has 0 saturated carbocycles. The highest BCUT2D eigenvalue weighted by atomic mass is 16.6. The standard InChI is InChI=1S/C13H20N2O2.C5H8.C2H6/c1-5-9-6-7-11(10(14)8-9)15-12(16)17-13(2,3)4;1-3-5-4-2;1-2/h5,7-9H,1,6,14H2,2-4H3,(H,15,16);3-5H,1H2,2H3;1-2H3/b;5-4-;. The van der Waals surface area contributed by atoms with Crippen LogP contribution in [0.25, 0.3) is 0 Å². The van der Waals surface area contributed by atoms with Crippen molar-refractivity contribution >= 4 is 6.09 Å². The van der Waals surface area contributed by atoms with Crippen LogP contribution in [0.2, 0.25) is 0 Å². The minimum absolute atomic E-state index is 0.235. The molecule has 0 spiro atoms. The van der Waals surface area contributed by atoms with E-state index in [-0.39, 0.29) is 5.92 Å². The molecule has 1 unspecified atom stereocenters. The van der Waals surface area contributed by atoms with Crippen molar-refractivity contribution in [3.8, 4) is 0 Å². The van der Waals surface area contributed by atoms with Gasteiger partial charge >= 0.3 is 6.09 Å². The summed E-state index contributed by atoms with van der Waals surface area (Å²) >= 11 is 0. The second kappa shape index (κ2) is 13.2. The Morgan fingerprint density at radius 3 is 2.29 bits per heavy atom. The van der Waals surface area contributed by atoms with Crippen LogP contribution in [0.4, 0.5) is 4.79 Å². The highest BCUT2D eigenvalue weighted by Gasteiger charge is 2.19. The predicted octanol–water partition coefficient (Wildman–Crippen LogP) is 5.22. The van der Waals surface area contributed by atoms with Crippen LogP contribution in [0.15, 0.2) is 61.0 Å². The lowest BCUT2D eigenvalue weighted by Gasteiger charge is -2.22. The fourth-order valence-corrected chi connectivity index (χ4v) is 1.60. The number of rotatable bonds is 3. The molecule has 4 nitrogen and oxygen atoms in total. The summed E-state index contributed by atoms with van der Waals surface area (Å²) in [6, 6.07) is 0. The zero-order valence-corrected chi connectivity index (χ0v) is 16.1. The number of allylic oxidation sites excluding steroid dienone is 6. The zero-order valence-electron chi connectivity index (χ0n) is 16.1. The number of amides is 1. The Hall–Kier alpha value is -2.23. The van der Waals surface area contributed by atoms with Gasteiger partial charge in [-0.2, -0.15) is 0 Å². The van der Waals surface area contributed by atoms with Crippen LogP contribution in [0, 0.1) is 5.92 Å². The van der Waals surface area contributed by atoms with Crippen LogP contribution in [0.3, 0.4) is 0 Å². The van der Waals surface area contributed by atoms with Crippen molar-refractivity contribution in [2.75, 3.05) is 0 Å². The molecule has 3 N–H and O–H groups in total. The molecule has 1 amide bonds. The summed E-state index contributed by atoms with van der Waals surface area (Å²) in [5, 5.41) is 2.64. The van der Waals surface area contributed by atoms with E-state index in [1.165, 1.54) is 0 Å². The van der Waals surface area contributed by atoms with Gasteiger partial charge < -0.3 is 10.5 Å². The van der Waals surface area contributed by atoms with Gasteiger partial charge in [-0.15, -0.1) is 6.58 Å². The number of nitrogens with one attached hydrogen (secondary N) is 1. The molecule has 1 atom stereocenters. The molecule has 136 valence electrons. The third-order valence-electron chi connectivity index (χ3n) is 2.57. The Balaban J connectivity index is 0. The molecule has 0 aromatic heterocycles. The highest BCUT2D eigenvalue weighted by molar-refractivity contribution is 5.71. The van der Waals surface area contributed by atoms with Gasteiger partial charge in [-0.25, -0.2) is 4.79 Å². The van der Waals surface area contributed by atoms with Gasteiger partial charge in [0.2, 0.25) is 0 Å². The molecule has 0 saturated heterocycles. The maximum atomic E-state index is 11.5. The van der Waals surface area contributed by atoms with Gasteiger partial charge in [-0.1, -0.05) is 56.9 Å². The van der Waals surface area contributed by atoms with Crippen molar-refractivity contribution < 1.29 is 9.53 Å². The van der Waals surface area contributed by atoms with Crippen LogP contribution in [0.1, 0.15) is 48.0 Å². The molecule has 1 rings (SSSR count). The van der Waals surface area contributed by atoms with Crippen molar-refractivity contribution in [1.29, 1.82) is 0 Å². The van der Waals surface area contributed by atoms with Crippen LogP contribution in [0.5, 0.6) is 0 Å². The summed E-state index contributed by atoms with van der Waals surface area (Å²) in [6.07, 6.45) is 11.5. The number of carbonyl (C=O) groups is 1. The van der Waals surface area contributed by atoms with Crippen LogP contribution in [-0.4, -0.2) is 11.7 Å². The topological polar surface area (TPSA) is 64.3 Å². The fraction of sp³-hybridized carbons (Fsp3) is 0.450. The number of hydrogen-bond acceptors (Lipinski definition) is 3. The third kappa shape index (κ3) is 12.3. The van der Waals surface area contributed by atoms with Crippen LogP contribution < -0.4 is 11.1 Å². The first-order valence-electron chi connectivity index (χ1n) is 8.27. The molecular formula is C20H34N2O2. The van der Waals surface area contributed by atoms with E-state index >= 15 is 0 Å². The van der Waals surface area contributed by atoms with Crippen molar-refractivity contribution in [1.82, 2.24) is 5.32 Å². The minimum atomic E-state index is -0.512. The third-order valence-corrected chi connectivity index (χ3v) is 2.57. The first-order chi connectivity index (χ1) is 11.2. The Bertz CT molecular complexity index is 480. The molecule has 1 aliphatic rings. The predicted molar refractivity (Wildman–Crippen MR) is 104 cm³/mol. The summed E-state index contributed by atoms with van der Waals surface area (Å²) in [4.78, 5) is 11.5. The van der Waals surface area contributed by atoms with Gasteiger partial charge in [-0.3, -0.25) is 5.32 Å². The van der Waals surface area contributed by atoms with E-state index in [0.29, 0.717) is 11.4 Å². The molecule has 24 heavy (non-hydrogen) atoms. The molecule has 0 aromatic rings. The van der Waals surface area contributed by atoms with E-state index in [1.807, 2.05) is 71.9 Å². The number of ether oxygens (including phenoxy) is 1. The van der Waals surface area contributed by atoms with E-state index in [4.69, 9.17) is 10.5 Å². The van der Waals surface area contributed by atoms with Gasteiger partial charge in [-0.05, 0) is 34.1 Å². The molecule has 4 heteroatoms. The number of alkyl carbamates (subject to hydrolysis) is 1. The largest absolute Gasteiger partial charge is 0.444 e. The van der Waals surface area contributed by atoms with E-state index in [0.717, 1.165) is 6.42 Å². The van der Waals surface area contributed by atoms with Crippen LogP contribution >= 0.6 is 0 Å². The van der Waals surface area contributed by atoms with E-state index in [2.05, 4.69) is 18.5 Å². The molecular weight excluding hydrogens is 300 g/mol. The summed E-state index contributed by atoms with van der Waals surface area (Å²) < 4.78 is 5.15. The van der Waals surface area contributed by atoms with Crippen molar-refractivity contribution in [2.24, 2.45) is 11.7 Å².